The summed E-state index contributed by atoms with van der Waals surface area (Å²) in [6, 6.07) is 16.1. The third-order valence-electron chi connectivity index (χ3n) is 5.19. The van der Waals surface area contributed by atoms with Crippen LogP contribution in [-0.2, 0) is 19.4 Å². The molecule has 8 nitrogen and oxygen atoms in total. The van der Waals surface area contributed by atoms with Crippen molar-refractivity contribution in [2.45, 2.75) is 45.8 Å². The summed E-state index contributed by atoms with van der Waals surface area (Å²) in [7, 11) is 1.64. The molecule has 0 radical (unpaired) electrons. The van der Waals surface area contributed by atoms with Crippen molar-refractivity contribution in [1.29, 1.82) is 0 Å². The maximum absolute atomic E-state index is 10.4. The number of rotatable bonds is 9. The number of ether oxygens (including phenoxy) is 1. The lowest BCUT2D eigenvalue weighted by molar-refractivity contribution is 0.0567. The first-order valence-corrected chi connectivity index (χ1v) is 11.0. The third kappa shape index (κ3) is 5.78. The summed E-state index contributed by atoms with van der Waals surface area (Å²) >= 11 is 0. The molecule has 2 aromatic heterocycles. The normalized spacial score (nSPS) is 11.5. The Kier molecular flexibility index (Phi) is 6.46. The van der Waals surface area contributed by atoms with Crippen molar-refractivity contribution < 1.29 is 9.84 Å². The summed E-state index contributed by atoms with van der Waals surface area (Å²) in [5.41, 5.74) is 2.97. The van der Waals surface area contributed by atoms with E-state index < -0.39 is 5.60 Å². The standard InChI is InChI=1S/C25H30N6O2/c1-18-15-30(17-26-18)21-12-11-20(14-22(21)33-4)27-24-28-23(31(29-24)16-25(2,3)32)13-10-19-8-6-5-7-9-19/h5-9,11-12,14-15,17,32H,10,13,16H2,1-4H3,(H,27,29). The summed E-state index contributed by atoms with van der Waals surface area (Å²) < 4.78 is 9.31. The van der Waals surface area contributed by atoms with Gasteiger partial charge < -0.3 is 19.7 Å². The summed E-state index contributed by atoms with van der Waals surface area (Å²) in [6.45, 7) is 5.84. The van der Waals surface area contributed by atoms with E-state index in [-0.39, 0.29) is 0 Å². The first-order valence-electron chi connectivity index (χ1n) is 11.0. The van der Waals surface area contributed by atoms with Crippen LogP contribution in [0.15, 0.2) is 61.1 Å². The first-order chi connectivity index (χ1) is 15.8. The molecule has 0 bridgehead atoms. The molecular weight excluding hydrogens is 416 g/mol. The number of aliphatic hydroxyl groups is 1. The van der Waals surface area contributed by atoms with Crippen LogP contribution in [0.2, 0.25) is 0 Å². The minimum Gasteiger partial charge on any atom is -0.494 e. The van der Waals surface area contributed by atoms with Gasteiger partial charge in [0.05, 0.1) is 37.0 Å². The Morgan fingerprint density at radius 1 is 1.09 bits per heavy atom. The van der Waals surface area contributed by atoms with Crippen molar-refractivity contribution in [2.75, 3.05) is 12.4 Å². The number of nitrogens with one attached hydrogen (secondary N) is 1. The molecule has 0 fully saturated rings. The zero-order valence-electron chi connectivity index (χ0n) is 19.5. The van der Waals surface area contributed by atoms with E-state index in [2.05, 4.69) is 27.5 Å². The molecule has 4 aromatic rings. The minimum atomic E-state index is -0.903. The average Bonchev–Trinajstić information content (AvgIpc) is 3.37. The van der Waals surface area contributed by atoms with E-state index in [0.717, 1.165) is 35.7 Å². The lowest BCUT2D eigenvalue weighted by Gasteiger charge is -2.17. The Morgan fingerprint density at radius 2 is 1.88 bits per heavy atom. The predicted molar refractivity (Wildman–Crippen MR) is 128 cm³/mol. The number of hydrogen-bond donors (Lipinski definition) is 2. The lowest BCUT2D eigenvalue weighted by atomic mass is 10.1. The fourth-order valence-corrected chi connectivity index (χ4v) is 3.66. The number of anilines is 2. The zero-order chi connectivity index (χ0) is 23.4. The molecule has 0 aliphatic rings. The lowest BCUT2D eigenvalue weighted by Crippen LogP contribution is -2.28. The molecule has 0 saturated carbocycles. The molecule has 0 atom stereocenters. The number of aryl methyl sites for hydroxylation is 3. The Labute approximate surface area is 193 Å². The maximum atomic E-state index is 10.4. The van der Waals surface area contributed by atoms with Gasteiger partial charge in [-0.25, -0.2) is 9.67 Å². The Hall–Kier alpha value is -3.65. The quantitative estimate of drug-likeness (QED) is 0.403. The maximum Gasteiger partial charge on any atom is 0.246 e. The monoisotopic (exact) mass is 446 g/mol. The fourth-order valence-electron chi connectivity index (χ4n) is 3.66. The van der Waals surface area contributed by atoms with E-state index in [0.29, 0.717) is 18.2 Å². The number of hydrogen-bond acceptors (Lipinski definition) is 6. The molecule has 2 N–H and O–H groups in total. The first kappa shape index (κ1) is 22.5. The van der Waals surface area contributed by atoms with Gasteiger partial charge in [-0.05, 0) is 44.9 Å². The summed E-state index contributed by atoms with van der Waals surface area (Å²) in [5, 5.41) is 18.3. The second-order valence-electron chi connectivity index (χ2n) is 8.74. The van der Waals surface area contributed by atoms with Gasteiger partial charge in [0.25, 0.3) is 0 Å². The SMILES string of the molecule is COc1cc(Nc2nc(CCc3ccccc3)n(CC(C)(C)O)n2)ccc1-n1cnc(C)c1. The van der Waals surface area contributed by atoms with E-state index in [1.807, 2.05) is 54.1 Å². The van der Waals surface area contributed by atoms with Gasteiger partial charge in [0, 0.05) is 24.4 Å². The van der Waals surface area contributed by atoms with Crippen molar-refractivity contribution in [3.63, 3.8) is 0 Å². The smallest absolute Gasteiger partial charge is 0.246 e. The largest absolute Gasteiger partial charge is 0.494 e. The molecular formula is C25H30N6O2. The van der Waals surface area contributed by atoms with Crippen LogP contribution in [0.25, 0.3) is 5.69 Å². The number of imidazole rings is 1. The van der Waals surface area contributed by atoms with Gasteiger partial charge in [-0.2, -0.15) is 4.98 Å². The Bertz CT molecular complexity index is 1210. The van der Waals surface area contributed by atoms with Gasteiger partial charge in [0.1, 0.15) is 11.6 Å². The molecule has 2 heterocycles. The number of aromatic nitrogens is 5. The van der Waals surface area contributed by atoms with Crippen molar-refractivity contribution in [3.05, 3.63) is 78.1 Å². The van der Waals surface area contributed by atoms with Crippen LogP contribution in [0.4, 0.5) is 11.6 Å². The third-order valence-corrected chi connectivity index (χ3v) is 5.19. The Balaban J connectivity index is 1.56. The number of nitrogens with zero attached hydrogens (tertiary/aromatic N) is 5. The van der Waals surface area contributed by atoms with Crippen molar-refractivity contribution in [3.8, 4) is 11.4 Å². The minimum absolute atomic E-state index is 0.355. The molecule has 33 heavy (non-hydrogen) atoms. The van der Waals surface area contributed by atoms with E-state index in [4.69, 9.17) is 9.72 Å². The van der Waals surface area contributed by atoms with Crippen LogP contribution >= 0.6 is 0 Å². The molecule has 0 spiro atoms. The fraction of sp³-hybridized carbons (Fsp3) is 0.320. The van der Waals surface area contributed by atoms with Crippen LogP contribution in [0.5, 0.6) is 5.75 Å². The highest BCUT2D eigenvalue weighted by atomic mass is 16.5. The zero-order valence-corrected chi connectivity index (χ0v) is 19.5. The highest BCUT2D eigenvalue weighted by molar-refractivity contribution is 5.61. The van der Waals surface area contributed by atoms with Gasteiger partial charge in [0.2, 0.25) is 5.95 Å². The van der Waals surface area contributed by atoms with Crippen LogP contribution < -0.4 is 10.1 Å². The van der Waals surface area contributed by atoms with Crippen molar-refractivity contribution in [1.82, 2.24) is 24.3 Å². The second-order valence-corrected chi connectivity index (χ2v) is 8.74. The van der Waals surface area contributed by atoms with Gasteiger partial charge in [-0.15, -0.1) is 5.10 Å². The van der Waals surface area contributed by atoms with Gasteiger partial charge in [-0.1, -0.05) is 30.3 Å². The molecule has 0 amide bonds. The molecule has 0 aliphatic carbocycles. The van der Waals surface area contributed by atoms with Crippen molar-refractivity contribution >= 4 is 11.6 Å². The van der Waals surface area contributed by atoms with Crippen LogP contribution in [-0.4, -0.2) is 42.1 Å². The molecule has 4 rings (SSSR count). The predicted octanol–water partition coefficient (Wildman–Crippen LogP) is 4.08. The van der Waals surface area contributed by atoms with Crippen LogP contribution in [0.3, 0.4) is 0 Å². The van der Waals surface area contributed by atoms with Crippen molar-refractivity contribution in [2.24, 2.45) is 0 Å². The number of methoxy groups -OCH3 is 1. The van der Waals surface area contributed by atoms with E-state index in [1.54, 1.807) is 32.0 Å². The molecule has 2 aromatic carbocycles. The molecule has 172 valence electrons. The highest BCUT2D eigenvalue weighted by Gasteiger charge is 2.19. The van der Waals surface area contributed by atoms with Crippen LogP contribution in [0, 0.1) is 6.92 Å². The molecule has 8 heteroatoms. The molecule has 0 saturated heterocycles. The second kappa shape index (κ2) is 9.46. The van der Waals surface area contributed by atoms with Gasteiger partial charge >= 0.3 is 0 Å². The topological polar surface area (TPSA) is 90.0 Å². The summed E-state index contributed by atoms with van der Waals surface area (Å²) in [4.78, 5) is 9.01. The number of benzene rings is 2. The van der Waals surface area contributed by atoms with E-state index in [1.165, 1.54) is 5.56 Å². The highest BCUT2D eigenvalue weighted by Crippen LogP contribution is 2.28. The van der Waals surface area contributed by atoms with Gasteiger partial charge in [0.15, 0.2) is 0 Å². The average molecular weight is 447 g/mol. The molecule has 0 unspecified atom stereocenters. The summed E-state index contributed by atoms with van der Waals surface area (Å²) in [5.74, 6) is 2.01. The Morgan fingerprint density at radius 3 is 2.55 bits per heavy atom. The summed E-state index contributed by atoms with van der Waals surface area (Å²) in [6.07, 6.45) is 5.28. The van der Waals surface area contributed by atoms with E-state index in [9.17, 15) is 5.11 Å². The van der Waals surface area contributed by atoms with E-state index >= 15 is 0 Å². The molecule has 0 aliphatic heterocycles. The van der Waals surface area contributed by atoms with Gasteiger partial charge in [-0.3, -0.25) is 0 Å². The van der Waals surface area contributed by atoms with Crippen LogP contribution in [0.1, 0.15) is 30.9 Å².